The Balaban J connectivity index is 0.927. The number of halogens is 3. The molecule has 2 saturated heterocycles. The van der Waals surface area contributed by atoms with Crippen LogP contribution in [-0.2, 0) is 21.7 Å². The number of alkyl halides is 3. The molecule has 53 heavy (non-hydrogen) atoms. The van der Waals surface area contributed by atoms with Gasteiger partial charge in [0.05, 0.1) is 24.5 Å². The third-order valence-corrected chi connectivity index (χ3v) is 9.58. The predicted octanol–water partition coefficient (Wildman–Crippen LogP) is 5.91. The molecule has 12 nitrogen and oxygen atoms in total. The molecule has 3 atom stereocenters. The normalized spacial score (nSPS) is 19.7. The molecular formula is C38H40F3N7O5. The molecule has 0 spiro atoms. The minimum absolute atomic E-state index is 0.0441. The number of hydrogen-bond acceptors (Lipinski definition) is 10. The molecule has 278 valence electrons. The SMILES string of the molecule is CCC(C)n1ncn(-c2ccc(N3CCN(c4ccc(OC[C@@H]5CO[C@@](Cc6ccnnc6)(c6ccc(OC(F)(F)F)cc6)O5)cc4)CC3)cc2)c1=O. The fraction of sp³-hybridized carbons (Fsp3) is 0.368. The van der Waals surface area contributed by atoms with Gasteiger partial charge in [-0.1, -0.05) is 6.92 Å². The number of benzene rings is 3. The Bertz CT molecular complexity index is 2000. The monoisotopic (exact) mass is 731 g/mol. The largest absolute Gasteiger partial charge is 0.573 e. The minimum atomic E-state index is -4.79. The maximum atomic E-state index is 12.8. The van der Waals surface area contributed by atoms with Gasteiger partial charge in [0.25, 0.3) is 0 Å². The first-order valence-electron chi connectivity index (χ1n) is 17.5. The molecule has 0 amide bonds. The molecule has 0 radical (unpaired) electrons. The highest BCUT2D eigenvalue weighted by molar-refractivity contribution is 5.54. The zero-order valence-electron chi connectivity index (χ0n) is 29.4. The van der Waals surface area contributed by atoms with E-state index in [1.165, 1.54) is 28.9 Å². The van der Waals surface area contributed by atoms with E-state index in [0.717, 1.165) is 55.2 Å². The van der Waals surface area contributed by atoms with Crippen LogP contribution in [0.4, 0.5) is 24.5 Å². The lowest BCUT2D eigenvalue weighted by molar-refractivity contribution is -0.274. The third kappa shape index (κ3) is 8.31. The van der Waals surface area contributed by atoms with E-state index < -0.39 is 18.3 Å². The quantitative estimate of drug-likeness (QED) is 0.154. The molecule has 2 aliphatic rings. The first kappa shape index (κ1) is 36.0. The summed E-state index contributed by atoms with van der Waals surface area (Å²) in [7, 11) is 0. The molecule has 1 unspecified atom stereocenters. The van der Waals surface area contributed by atoms with Gasteiger partial charge in [0.1, 0.15) is 30.5 Å². The van der Waals surface area contributed by atoms with E-state index in [1.54, 1.807) is 29.4 Å². The van der Waals surface area contributed by atoms with Crippen LogP contribution in [0.1, 0.15) is 37.4 Å². The van der Waals surface area contributed by atoms with Gasteiger partial charge in [-0.3, -0.25) is 0 Å². The standard InChI is InChI=1S/C38H40F3N7O5/c1-3-27(2)48-36(49)47(26-44-48)32-8-6-30(7-9-32)45-18-20-46(21-19-45)31-10-14-33(15-11-31)50-24-35-25-51-37(52-35,22-28-16-17-42-43-23-28)29-4-12-34(13-5-29)53-38(39,40)41/h4-17,23,26-27,35H,3,18-22,24-25H2,1-2H3/t27?,35-,37-/m1/s1. The van der Waals surface area contributed by atoms with E-state index in [1.807, 2.05) is 62.4 Å². The van der Waals surface area contributed by atoms with Crippen LogP contribution >= 0.6 is 0 Å². The predicted molar refractivity (Wildman–Crippen MR) is 191 cm³/mol. The highest BCUT2D eigenvalue weighted by Crippen LogP contribution is 2.39. The van der Waals surface area contributed by atoms with E-state index in [-0.39, 0.29) is 37.1 Å². The second kappa shape index (κ2) is 15.3. The van der Waals surface area contributed by atoms with Crippen molar-refractivity contribution in [2.24, 2.45) is 0 Å². The van der Waals surface area contributed by atoms with Crippen LogP contribution in [0.15, 0.2) is 102 Å². The summed E-state index contributed by atoms with van der Waals surface area (Å²) in [6, 6.07) is 23.2. The third-order valence-electron chi connectivity index (χ3n) is 9.58. The molecule has 0 bridgehead atoms. The molecule has 7 rings (SSSR count). The molecule has 0 aliphatic carbocycles. The Morgan fingerprint density at radius 2 is 1.49 bits per heavy atom. The molecule has 5 aromatic rings. The molecular weight excluding hydrogens is 691 g/mol. The molecule has 4 heterocycles. The van der Waals surface area contributed by atoms with Crippen molar-refractivity contribution in [2.45, 2.75) is 51.0 Å². The number of hydrogen-bond donors (Lipinski definition) is 0. The fourth-order valence-corrected chi connectivity index (χ4v) is 6.55. The van der Waals surface area contributed by atoms with E-state index >= 15 is 0 Å². The van der Waals surface area contributed by atoms with Crippen LogP contribution in [0.5, 0.6) is 11.5 Å². The molecule has 3 aromatic carbocycles. The summed E-state index contributed by atoms with van der Waals surface area (Å²) in [5.41, 5.74) is 4.16. The number of anilines is 2. The Kier molecular flexibility index (Phi) is 10.4. The van der Waals surface area contributed by atoms with Crippen LogP contribution in [-0.4, -0.2) is 76.4 Å². The lowest BCUT2D eigenvalue weighted by Gasteiger charge is -2.37. The second-order valence-electron chi connectivity index (χ2n) is 13.1. The number of aromatic nitrogens is 5. The van der Waals surface area contributed by atoms with E-state index in [9.17, 15) is 18.0 Å². The van der Waals surface area contributed by atoms with Crippen LogP contribution in [0.3, 0.4) is 0 Å². The van der Waals surface area contributed by atoms with Gasteiger partial charge < -0.3 is 28.7 Å². The van der Waals surface area contributed by atoms with Crippen molar-refractivity contribution >= 4 is 11.4 Å². The fourth-order valence-electron chi connectivity index (χ4n) is 6.55. The molecule has 2 aliphatic heterocycles. The number of rotatable bonds is 12. The number of ether oxygens (including phenoxy) is 4. The molecule has 15 heteroatoms. The average Bonchev–Trinajstić information content (AvgIpc) is 3.77. The van der Waals surface area contributed by atoms with E-state index in [4.69, 9.17) is 14.2 Å². The van der Waals surface area contributed by atoms with E-state index in [2.05, 4.69) is 29.8 Å². The lowest BCUT2D eigenvalue weighted by Crippen LogP contribution is -2.46. The Labute approximate surface area is 304 Å². The first-order valence-corrected chi connectivity index (χ1v) is 17.5. The van der Waals surface area contributed by atoms with Crippen LogP contribution in [0.2, 0.25) is 0 Å². The molecule has 0 saturated carbocycles. The van der Waals surface area contributed by atoms with Gasteiger partial charge in [0, 0.05) is 55.7 Å². The van der Waals surface area contributed by atoms with Crippen LogP contribution in [0, 0.1) is 0 Å². The van der Waals surface area contributed by atoms with Crippen LogP contribution in [0.25, 0.3) is 5.69 Å². The average molecular weight is 732 g/mol. The van der Waals surface area contributed by atoms with Crippen molar-refractivity contribution in [3.63, 3.8) is 0 Å². The maximum absolute atomic E-state index is 12.8. The maximum Gasteiger partial charge on any atom is 0.573 e. The van der Waals surface area contributed by atoms with Crippen molar-refractivity contribution in [2.75, 3.05) is 49.2 Å². The summed E-state index contributed by atoms with van der Waals surface area (Å²) in [5, 5.41) is 12.0. The molecule has 2 fully saturated rings. The van der Waals surface area contributed by atoms with Gasteiger partial charge in [-0.25, -0.2) is 14.0 Å². The summed E-state index contributed by atoms with van der Waals surface area (Å²) < 4.78 is 64.1. The highest BCUT2D eigenvalue weighted by atomic mass is 19.4. The second-order valence-corrected chi connectivity index (χ2v) is 13.1. The number of piperazine rings is 1. The topological polar surface area (TPSA) is 109 Å². The smallest absolute Gasteiger partial charge is 0.491 e. The van der Waals surface area contributed by atoms with Gasteiger partial charge in [-0.2, -0.15) is 15.3 Å². The van der Waals surface area contributed by atoms with Gasteiger partial charge in [-0.05, 0) is 97.8 Å². The minimum Gasteiger partial charge on any atom is -0.491 e. The lowest BCUT2D eigenvalue weighted by atomic mass is 9.98. The summed E-state index contributed by atoms with van der Waals surface area (Å²) in [6.45, 7) is 7.81. The van der Waals surface area contributed by atoms with Crippen LogP contribution < -0.4 is 25.0 Å². The summed E-state index contributed by atoms with van der Waals surface area (Å²) in [4.78, 5) is 17.5. The Morgan fingerprint density at radius 1 is 0.868 bits per heavy atom. The van der Waals surface area contributed by atoms with Crippen molar-refractivity contribution in [1.29, 1.82) is 0 Å². The highest BCUT2D eigenvalue weighted by Gasteiger charge is 2.44. The van der Waals surface area contributed by atoms with Crippen molar-refractivity contribution < 1.29 is 32.1 Å². The molecule has 0 N–H and O–H groups in total. The number of nitrogens with zero attached hydrogens (tertiary/aromatic N) is 7. The van der Waals surface area contributed by atoms with E-state index in [0.29, 0.717) is 11.3 Å². The molecule has 2 aromatic heterocycles. The van der Waals surface area contributed by atoms with Gasteiger partial charge in [-0.15, -0.1) is 13.2 Å². The Hall–Kier alpha value is -5.41. The summed E-state index contributed by atoms with van der Waals surface area (Å²) >= 11 is 0. The first-order chi connectivity index (χ1) is 25.6. The van der Waals surface area contributed by atoms with Crippen molar-refractivity contribution in [3.8, 4) is 17.2 Å². The zero-order valence-corrected chi connectivity index (χ0v) is 29.4. The zero-order chi connectivity index (χ0) is 37.0. The summed E-state index contributed by atoms with van der Waals surface area (Å²) in [6.07, 6.45) is 0.580. The van der Waals surface area contributed by atoms with Gasteiger partial charge in [0.15, 0.2) is 5.79 Å². The summed E-state index contributed by atoms with van der Waals surface area (Å²) in [5.74, 6) is -0.926. The Morgan fingerprint density at radius 3 is 2.09 bits per heavy atom. The van der Waals surface area contributed by atoms with Gasteiger partial charge in [0.2, 0.25) is 0 Å². The van der Waals surface area contributed by atoms with Gasteiger partial charge >= 0.3 is 12.1 Å². The van der Waals surface area contributed by atoms with Crippen molar-refractivity contribution in [3.05, 3.63) is 119 Å². The van der Waals surface area contributed by atoms with Crippen molar-refractivity contribution in [1.82, 2.24) is 24.5 Å².